The zero-order chi connectivity index (χ0) is 14.5. The van der Waals surface area contributed by atoms with E-state index in [4.69, 9.17) is 5.73 Å². The number of hydrogen-bond donors (Lipinski definition) is 3. The average Bonchev–Trinajstić information content (AvgIpc) is 2.36. The molecule has 0 saturated carbocycles. The van der Waals surface area contributed by atoms with E-state index in [0.717, 1.165) is 12.0 Å². The second-order valence-electron chi connectivity index (χ2n) is 5.11. The van der Waals surface area contributed by atoms with Crippen molar-refractivity contribution in [1.29, 1.82) is 0 Å². The van der Waals surface area contributed by atoms with Crippen LogP contribution in [0, 0.1) is 0 Å². The van der Waals surface area contributed by atoms with Crippen molar-refractivity contribution >= 4 is 11.9 Å². The van der Waals surface area contributed by atoms with Crippen LogP contribution >= 0.6 is 0 Å². The minimum Gasteiger partial charge on any atom is -0.352 e. The number of hydrogen-bond acceptors (Lipinski definition) is 2. The van der Waals surface area contributed by atoms with E-state index in [1.807, 2.05) is 20.8 Å². The Morgan fingerprint density at radius 3 is 2.26 bits per heavy atom. The molecule has 1 aromatic carbocycles. The van der Waals surface area contributed by atoms with Crippen LogP contribution < -0.4 is 16.4 Å². The van der Waals surface area contributed by atoms with Crippen molar-refractivity contribution in [1.82, 2.24) is 10.6 Å². The van der Waals surface area contributed by atoms with Crippen LogP contribution in [0.1, 0.15) is 43.1 Å². The Morgan fingerprint density at radius 2 is 1.79 bits per heavy atom. The first-order valence-electron chi connectivity index (χ1n) is 6.29. The van der Waals surface area contributed by atoms with Crippen molar-refractivity contribution in [3.05, 3.63) is 35.4 Å². The average molecular weight is 263 g/mol. The molecule has 19 heavy (non-hydrogen) atoms. The third-order valence-electron chi connectivity index (χ3n) is 3.02. The maximum Gasteiger partial charge on any atom is 0.312 e. The Labute approximate surface area is 113 Å². The molecule has 5 nitrogen and oxygen atoms in total. The molecule has 0 heterocycles. The Kier molecular flexibility index (Phi) is 4.92. The van der Waals surface area contributed by atoms with E-state index in [0.29, 0.717) is 12.1 Å². The zero-order valence-corrected chi connectivity index (χ0v) is 11.6. The van der Waals surface area contributed by atoms with Gasteiger partial charge in [0.25, 0.3) is 5.91 Å². The van der Waals surface area contributed by atoms with Gasteiger partial charge in [0.1, 0.15) is 0 Å². The van der Waals surface area contributed by atoms with E-state index in [-0.39, 0.29) is 11.4 Å². The summed E-state index contributed by atoms with van der Waals surface area (Å²) in [6, 6.07) is 6.50. The first-order valence-corrected chi connectivity index (χ1v) is 6.29. The zero-order valence-electron chi connectivity index (χ0n) is 11.6. The third kappa shape index (κ3) is 4.99. The molecule has 0 aliphatic heterocycles. The monoisotopic (exact) mass is 263 g/mol. The van der Waals surface area contributed by atoms with Crippen molar-refractivity contribution in [2.24, 2.45) is 5.73 Å². The second-order valence-corrected chi connectivity index (χ2v) is 5.11. The molecule has 1 rings (SSSR count). The summed E-state index contributed by atoms with van der Waals surface area (Å²) in [5.41, 5.74) is 6.26. The topological polar surface area (TPSA) is 84.2 Å². The highest BCUT2D eigenvalue weighted by Gasteiger charge is 2.18. The summed E-state index contributed by atoms with van der Waals surface area (Å²) in [4.78, 5) is 22.6. The van der Waals surface area contributed by atoms with E-state index >= 15 is 0 Å². The molecular weight excluding hydrogens is 242 g/mol. The van der Waals surface area contributed by atoms with E-state index in [1.165, 1.54) is 0 Å². The van der Waals surface area contributed by atoms with E-state index in [1.54, 1.807) is 24.3 Å². The highest BCUT2D eigenvalue weighted by Crippen LogP contribution is 2.10. The van der Waals surface area contributed by atoms with Gasteiger partial charge in [0, 0.05) is 17.6 Å². The molecule has 0 aliphatic rings. The summed E-state index contributed by atoms with van der Waals surface area (Å²) in [5.74, 6) is -0.0961. The number of nitrogens with two attached hydrogens (primary N) is 1. The number of benzene rings is 1. The minimum absolute atomic E-state index is 0.0961. The normalized spacial score (nSPS) is 10.9. The second kappa shape index (κ2) is 6.22. The predicted molar refractivity (Wildman–Crippen MR) is 74.7 cm³/mol. The predicted octanol–water partition coefficient (Wildman–Crippen LogP) is 1.77. The smallest absolute Gasteiger partial charge is 0.312 e. The molecule has 3 amide bonds. The minimum atomic E-state index is -0.563. The maximum atomic E-state index is 12.0. The fraction of sp³-hybridized carbons (Fsp3) is 0.429. The summed E-state index contributed by atoms with van der Waals surface area (Å²) < 4.78 is 0. The third-order valence-corrected chi connectivity index (χ3v) is 3.02. The number of carbonyl (C=O) groups excluding carboxylic acids is 2. The first-order chi connectivity index (χ1) is 8.84. The van der Waals surface area contributed by atoms with Crippen molar-refractivity contribution in [3.8, 4) is 0 Å². The molecule has 0 saturated heterocycles. The van der Waals surface area contributed by atoms with Crippen LogP contribution in [0.2, 0.25) is 0 Å². The Morgan fingerprint density at radius 1 is 1.21 bits per heavy atom. The van der Waals surface area contributed by atoms with Crippen LogP contribution in [0.15, 0.2) is 24.3 Å². The number of urea groups is 1. The van der Waals surface area contributed by atoms with Gasteiger partial charge >= 0.3 is 6.03 Å². The van der Waals surface area contributed by atoms with E-state index in [9.17, 15) is 9.59 Å². The van der Waals surface area contributed by atoms with Crippen LogP contribution in [0.4, 0.5) is 4.79 Å². The van der Waals surface area contributed by atoms with Crippen LogP contribution in [-0.4, -0.2) is 17.5 Å². The number of nitrogens with one attached hydrogen (secondary N) is 2. The highest BCUT2D eigenvalue weighted by atomic mass is 16.2. The fourth-order valence-electron chi connectivity index (χ4n) is 1.43. The van der Waals surface area contributed by atoms with E-state index < -0.39 is 6.03 Å². The van der Waals surface area contributed by atoms with Crippen molar-refractivity contribution in [3.63, 3.8) is 0 Å². The SMILES string of the molecule is CCC(C)(C)NC(=O)c1ccc(CNC(N)=O)cc1. The molecule has 5 heteroatoms. The van der Waals surface area contributed by atoms with Gasteiger partial charge in [0.2, 0.25) is 0 Å². The van der Waals surface area contributed by atoms with Crippen molar-refractivity contribution in [2.75, 3.05) is 0 Å². The molecule has 0 radical (unpaired) electrons. The lowest BCUT2D eigenvalue weighted by atomic mass is 10.0. The molecule has 1 aromatic rings. The largest absolute Gasteiger partial charge is 0.352 e. The highest BCUT2D eigenvalue weighted by molar-refractivity contribution is 5.94. The fourth-order valence-corrected chi connectivity index (χ4v) is 1.43. The van der Waals surface area contributed by atoms with Gasteiger partial charge < -0.3 is 16.4 Å². The summed E-state index contributed by atoms with van der Waals surface area (Å²) in [5, 5.41) is 5.46. The number of amides is 3. The molecule has 4 N–H and O–H groups in total. The van der Waals surface area contributed by atoms with Gasteiger partial charge in [0.05, 0.1) is 0 Å². The van der Waals surface area contributed by atoms with Gasteiger partial charge in [-0.15, -0.1) is 0 Å². The Hall–Kier alpha value is -2.04. The summed E-state index contributed by atoms with van der Waals surface area (Å²) in [6.45, 7) is 6.35. The summed E-state index contributed by atoms with van der Waals surface area (Å²) in [7, 11) is 0. The number of rotatable bonds is 5. The first kappa shape index (κ1) is 15.0. The summed E-state index contributed by atoms with van der Waals surface area (Å²) >= 11 is 0. The van der Waals surface area contributed by atoms with Crippen LogP contribution in [-0.2, 0) is 6.54 Å². The van der Waals surface area contributed by atoms with Gasteiger partial charge in [-0.1, -0.05) is 19.1 Å². The Bertz CT molecular complexity index is 452. The van der Waals surface area contributed by atoms with Crippen molar-refractivity contribution < 1.29 is 9.59 Å². The molecule has 0 spiro atoms. The molecule has 0 aliphatic carbocycles. The van der Waals surface area contributed by atoms with Gasteiger partial charge in [-0.2, -0.15) is 0 Å². The molecule has 0 aromatic heterocycles. The van der Waals surface area contributed by atoms with Gasteiger partial charge in [0.15, 0.2) is 0 Å². The molecule has 0 fully saturated rings. The van der Waals surface area contributed by atoms with Crippen molar-refractivity contribution in [2.45, 2.75) is 39.3 Å². The van der Waals surface area contributed by atoms with Crippen LogP contribution in [0.3, 0.4) is 0 Å². The number of carbonyl (C=O) groups is 2. The molecular formula is C14H21N3O2. The lowest BCUT2D eigenvalue weighted by Crippen LogP contribution is -2.42. The molecule has 104 valence electrons. The van der Waals surface area contributed by atoms with Gasteiger partial charge in [-0.05, 0) is 38.0 Å². The van der Waals surface area contributed by atoms with Gasteiger partial charge in [-0.25, -0.2) is 4.79 Å². The lowest BCUT2D eigenvalue weighted by molar-refractivity contribution is 0.0911. The number of primary amides is 1. The lowest BCUT2D eigenvalue weighted by Gasteiger charge is -2.24. The van der Waals surface area contributed by atoms with Crippen LogP contribution in [0.25, 0.3) is 0 Å². The maximum absolute atomic E-state index is 12.0. The standard InChI is InChI=1S/C14H21N3O2/c1-4-14(2,3)17-12(18)11-7-5-10(6-8-11)9-16-13(15)19/h5-8H,4,9H2,1-3H3,(H,17,18)(H3,15,16,19). The van der Waals surface area contributed by atoms with E-state index in [2.05, 4.69) is 10.6 Å². The van der Waals surface area contributed by atoms with Gasteiger partial charge in [-0.3, -0.25) is 4.79 Å². The molecule has 0 unspecified atom stereocenters. The molecule has 0 bridgehead atoms. The molecule has 0 atom stereocenters. The Balaban J connectivity index is 2.65. The van der Waals surface area contributed by atoms with Crippen LogP contribution in [0.5, 0.6) is 0 Å². The quantitative estimate of drug-likeness (QED) is 0.756. The summed E-state index contributed by atoms with van der Waals surface area (Å²) in [6.07, 6.45) is 0.860.